The number of rotatable bonds is 4. The summed E-state index contributed by atoms with van der Waals surface area (Å²) in [6, 6.07) is 9.51. The predicted molar refractivity (Wildman–Crippen MR) is 79.8 cm³/mol. The van der Waals surface area contributed by atoms with E-state index in [1.54, 1.807) is 6.20 Å². The van der Waals surface area contributed by atoms with Gasteiger partial charge in [0.2, 0.25) is 0 Å². The number of nitrogens with zero attached hydrogens (tertiary/aromatic N) is 2. The Labute approximate surface area is 123 Å². The lowest BCUT2D eigenvalue weighted by atomic mass is 10.0. The van der Waals surface area contributed by atoms with Gasteiger partial charge in [-0.2, -0.15) is 5.10 Å². The molecule has 2 aromatic rings. The minimum atomic E-state index is -1.19. The maximum Gasteiger partial charge on any atom is 0.256 e. The van der Waals surface area contributed by atoms with Gasteiger partial charge in [-0.15, -0.1) is 0 Å². The number of anilines is 1. The fourth-order valence-corrected chi connectivity index (χ4v) is 2.71. The normalized spacial score (nSPS) is 16.8. The average molecular weight is 285 g/mol. The highest BCUT2D eigenvalue weighted by Crippen LogP contribution is 2.30. The third-order valence-electron chi connectivity index (χ3n) is 3.97. The van der Waals surface area contributed by atoms with Crippen molar-refractivity contribution in [1.82, 2.24) is 9.78 Å². The van der Waals surface area contributed by atoms with Crippen molar-refractivity contribution in [1.29, 1.82) is 0 Å². The summed E-state index contributed by atoms with van der Waals surface area (Å²) >= 11 is 0. The number of aliphatic hydroxyl groups is 1. The van der Waals surface area contributed by atoms with E-state index in [0.717, 1.165) is 18.4 Å². The number of carbonyl (C=O) groups excluding carboxylic acids is 1. The smallest absolute Gasteiger partial charge is 0.256 e. The van der Waals surface area contributed by atoms with E-state index in [1.807, 2.05) is 41.2 Å². The second-order valence-electron chi connectivity index (χ2n) is 5.59. The van der Waals surface area contributed by atoms with Gasteiger partial charge in [0.05, 0.1) is 6.54 Å². The molecule has 0 unspecified atom stereocenters. The maximum absolute atomic E-state index is 12.1. The number of hydrogen-bond acceptors (Lipinski definition) is 3. The van der Waals surface area contributed by atoms with Crippen molar-refractivity contribution in [3.05, 3.63) is 48.3 Å². The third-order valence-corrected chi connectivity index (χ3v) is 3.97. The minimum Gasteiger partial charge on any atom is -0.380 e. The molecular formula is C16H19N3O2. The summed E-state index contributed by atoms with van der Waals surface area (Å²) in [5, 5.41) is 17.2. The Balaban J connectivity index is 1.63. The van der Waals surface area contributed by atoms with Crippen LogP contribution in [0.5, 0.6) is 0 Å². The maximum atomic E-state index is 12.1. The molecule has 1 aromatic carbocycles. The van der Waals surface area contributed by atoms with Gasteiger partial charge in [0.1, 0.15) is 5.60 Å². The van der Waals surface area contributed by atoms with Crippen molar-refractivity contribution < 1.29 is 9.90 Å². The van der Waals surface area contributed by atoms with E-state index in [1.165, 1.54) is 0 Å². The van der Waals surface area contributed by atoms with Crippen LogP contribution in [-0.4, -0.2) is 26.4 Å². The van der Waals surface area contributed by atoms with Crippen LogP contribution >= 0.6 is 0 Å². The Morgan fingerprint density at radius 2 is 2.00 bits per heavy atom. The molecule has 1 heterocycles. The molecule has 1 saturated carbocycles. The van der Waals surface area contributed by atoms with Gasteiger partial charge < -0.3 is 10.4 Å². The SMILES string of the molecule is O=C(Nc1ccc(Cn2cccn2)cc1)C1(O)CCCC1. The third kappa shape index (κ3) is 3.13. The van der Waals surface area contributed by atoms with Crippen molar-refractivity contribution >= 4 is 11.6 Å². The Kier molecular flexibility index (Phi) is 3.75. The molecule has 0 bridgehead atoms. The summed E-state index contributed by atoms with van der Waals surface area (Å²) in [6.07, 6.45) is 6.58. The topological polar surface area (TPSA) is 67.2 Å². The quantitative estimate of drug-likeness (QED) is 0.904. The lowest BCUT2D eigenvalue weighted by Crippen LogP contribution is -2.40. The number of hydrogen-bond donors (Lipinski definition) is 2. The van der Waals surface area contributed by atoms with Crippen molar-refractivity contribution in [3.63, 3.8) is 0 Å². The van der Waals surface area contributed by atoms with Gasteiger partial charge >= 0.3 is 0 Å². The fraction of sp³-hybridized carbons (Fsp3) is 0.375. The zero-order valence-electron chi connectivity index (χ0n) is 11.8. The minimum absolute atomic E-state index is 0.292. The van der Waals surface area contributed by atoms with Crippen LogP contribution in [0.15, 0.2) is 42.7 Å². The predicted octanol–water partition coefficient (Wildman–Crippen LogP) is 2.17. The Bertz CT molecular complexity index is 599. The zero-order valence-corrected chi connectivity index (χ0v) is 11.8. The van der Waals surface area contributed by atoms with E-state index in [4.69, 9.17) is 0 Å². The first-order chi connectivity index (χ1) is 10.2. The number of benzene rings is 1. The molecule has 0 aliphatic heterocycles. The van der Waals surface area contributed by atoms with Crippen LogP contribution in [0.1, 0.15) is 31.2 Å². The molecule has 1 aromatic heterocycles. The highest BCUT2D eigenvalue weighted by molar-refractivity contribution is 5.97. The first-order valence-corrected chi connectivity index (χ1v) is 7.26. The summed E-state index contributed by atoms with van der Waals surface area (Å²) in [7, 11) is 0. The van der Waals surface area contributed by atoms with Gasteiger partial charge in [0, 0.05) is 18.1 Å². The molecule has 0 spiro atoms. The lowest BCUT2D eigenvalue weighted by Gasteiger charge is -2.21. The molecule has 3 rings (SSSR count). The number of nitrogens with one attached hydrogen (secondary N) is 1. The van der Waals surface area contributed by atoms with Crippen LogP contribution in [-0.2, 0) is 11.3 Å². The van der Waals surface area contributed by atoms with Crippen molar-refractivity contribution in [2.75, 3.05) is 5.32 Å². The van der Waals surface area contributed by atoms with Crippen molar-refractivity contribution in [2.24, 2.45) is 0 Å². The van der Waals surface area contributed by atoms with Crippen LogP contribution in [0.2, 0.25) is 0 Å². The van der Waals surface area contributed by atoms with Gasteiger partial charge in [-0.1, -0.05) is 12.1 Å². The van der Waals surface area contributed by atoms with Crippen molar-refractivity contribution in [2.45, 2.75) is 37.8 Å². The average Bonchev–Trinajstić information content (AvgIpc) is 3.13. The van der Waals surface area contributed by atoms with Gasteiger partial charge in [-0.05, 0) is 49.4 Å². The summed E-state index contributed by atoms with van der Waals surface area (Å²) in [5.74, 6) is -0.292. The molecule has 5 heteroatoms. The van der Waals surface area contributed by atoms with E-state index in [9.17, 15) is 9.90 Å². The molecule has 1 aliphatic rings. The van der Waals surface area contributed by atoms with E-state index >= 15 is 0 Å². The molecule has 21 heavy (non-hydrogen) atoms. The van der Waals surface area contributed by atoms with Gasteiger partial charge in [0.15, 0.2) is 0 Å². The second-order valence-corrected chi connectivity index (χ2v) is 5.59. The molecule has 2 N–H and O–H groups in total. The standard InChI is InChI=1S/C16H19N3O2/c20-15(16(21)8-1-2-9-16)18-14-6-4-13(5-7-14)12-19-11-3-10-17-19/h3-7,10-11,21H,1-2,8-9,12H2,(H,18,20). The van der Waals surface area contributed by atoms with Gasteiger partial charge in [-0.3, -0.25) is 9.48 Å². The zero-order chi connectivity index (χ0) is 14.7. The number of amides is 1. The monoisotopic (exact) mass is 285 g/mol. The molecule has 1 aliphatic carbocycles. The first kappa shape index (κ1) is 13.8. The molecule has 1 fully saturated rings. The molecule has 5 nitrogen and oxygen atoms in total. The lowest BCUT2D eigenvalue weighted by molar-refractivity contribution is -0.133. The van der Waals surface area contributed by atoms with Crippen LogP contribution in [0.4, 0.5) is 5.69 Å². The van der Waals surface area contributed by atoms with Gasteiger partial charge in [0.25, 0.3) is 5.91 Å². The number of carbonyl (C=O) groups is 1. The molecule has 0 radical (unpaired) electrons. The summed E-state index contributed by atoms with van der Waals surface area (Å²) in [4.78, 5) is 12.1. The molecular weight excluding hydrogens is 266 g/mol. The highest BCUT2D eigenvalue weighted by atomic mass is 16.3. The van der Waals surface area contributed by atoms with Crippen LogP contribution < -0.4 is 5.32 Å². The van der Waals surface area contributed by atoms with E-state index in [0.29, 0.717) is 25.1 Å². The van der Waals surface area contributed by atoms with E-state index < -0.39 is 5.60 Å². The summed E-state index contributed by atoms with van der Waals surface area (Å²) in [5.41, 5.74) is 0.633. The molecule has 0 saturated heterocycles. The Hall–Kier alpha value is -2.14. The summed E-state index contributed by atoms with van der Waals surface area (Å²) in [6.45, 7) is 0.700. The van der Waals surface area contributed by atoms with Crippen LogP contribution in [0.3, 0.4) is 0 Å². The molecule has 110 valence electrons. The van der Waals surface area contributed by atoms with Gasteiger partial charge in [-0.25, -0.2) is 0 Å². The Morgan fingerprint density at radius 1 is 1.29 bits per heavy atom. The van der Waals surface area contributed by atoms with Crippen molar-refractivity contribution in [3.8, 4) is 0 Å². The largest absolute Gasteiger partial charge is 0.380 e. The van der Waals surface area contributed by atoms with Crippen LogP contribution in [0.25, 0.3) is 0 Å². The first-order valence-electron chi connectivity index (χ1n) is 7.26. The molecule has 1 amide bonds. The van der Waals surface area contributed by atoms with E-state index in [-0.39, 0.29) is 5.91 Å². The number of aromatic nitrogens is 2. The summed E-state index contributed by atoms with van der Waals surface area (Å²) < 4.78 is 1.84. The van der Waals surface area contributed by atoms with Crippen LogP contribution in [0, 0.1) is 0 Å². The molecule has 0 atom stereocenters. The Morgan fingerprint density at radius 3 is 2.62 bits per heavy atom. The highest BCUT2D eigenvalue weighted by Gasteiger charge is 2.38. The van der Waals surface area contributed by atoms with E-state index in [2.05, 4.69) is 10.4 Å². The fourth-order valence-electron chi connectivity index (χ4n) is 2.71. The second kappa shape index (κ2) is 5.69.